The summed E-state index contributed by atoms with van der Waals surface area (Å²) in [7, 11) is 0. The third-order valence-corrected chi connectivity index (χ3v) is 3.02. The molecule has 1 heterocycles. The molecular formula is C14H15NO3. The van der Waals surface area contributed by atoms with Crippen molar-refractivity contribution in [1.82, 2.24) is 0 Å². The Morgan fingerprint density at radius 1 is 1.50 bits per heavy atom. The molecule has 1 aromatic rings. The quantitative estimate of drug-likeness (QED) is 0.821. The zero-order valence-corrected chi connectivity index (χ0v) is 10.5. The highest BCUT2D eigenvalue weighted by atomic mass is 16.5. The highest BCUT2D eigenvalue weighted by molar-refractivity contribution is 6.00. The SMILES string of the molecule is CCOC1=C(C#N)C(=O)C[C@H](c2ccc(C)o2)C1. The number of aryl methyl sites for hydroxylation is 1. The predicted molar refractivity (Wildman–Crippen MR) is 64.7 cm³/mol. The van der Waals surface area contributed by atoms with Gasteiger partial charge in [-0.05, 0) is 26.0 Å². The molecule has 2 rings (SSSR count). The molecule has 0 aromatic carbocycles. The largest absolute Gasteiger partial charge is 0.497 e. The number of Topliss-reactive ketones (excluding diaryl/α,β-unsaturated/α-hetero) is 1. The minimum absolute atomic E-state index is 0.0233. The average molecular weight is 245 g/mol. The lowest BCUT2D eigenvalue weighted by Gasteiger charge is -2.22. The maximum absolute atomic E-state index is 11.9. The van der Waals surface area contributed by atoms with E-state index >= 15 is 0 Å². The molecule has 0 amide bonds. The Morgan fingerprint density at radius 3 is 2.83 bits per heavy atom. The van der Waals surface area contributed by atoms with Crippen LogP contribution in [0.3, 0.4) is 0 Å². The van der Waals surface area contributed by atoms with Crippen LogP contribution < -0.4 is 0 Å². The fourth-order valence-corrected chi connectivity index (χ4v) is 2.18. The van der Waals surface area contributed by atoms with Gasteiger partial charge in [-0.1, -0.05) is 0 Å². The topological polar surface area (TPSA) is 63.2 Å². The second-order valence-corrected chi connectivity index (χ2v) is 4.32. The number of nitriles is 1. The van der Waals surface area contributed by atoms with E-state index in [0.717, 1.165) is 11.5 Å². The zero-order chi connectivity index (χ0) is 13.1. The molecule has 0 fully saturated rings. The fourth-order valence-electron chi connectivity index (χ4n) is 2.18. The first-order valence-electron chi connectivity index (χ1n) is 6.01. The van der Waals surface area contributed by atoms with Gasteiger partial charge in [-0.15, -0.1) is 0 Å². The van der Waals surface area contributed by atoms with Gasteiger partial charge >= 0.3 is 0 Å². The predicted octanol–water partition coefficient (Wildman–Crippen LogP) is 2.85. The first-order chi connectivity index (χ1) is 8.65. The van der Waals surface area contributed by atoms with E-state index in [2.05, 4.69) is 0 Å². The highest BCUT2D eigenvalue weighted by Crippen LogP contribution is 2.35. The van der Waals surface area contributed by atoms with Gasteiger partial charge in [-0.25, -0.2) is 0 Å². The number of nitrogens with zero attached hydrogens (tertiary/aromatic N) is 1. The van der Waals surface area contributed by atoms with Gasteiger partial charge in [-0.2, -0.15) is 5.26 Å². The average Bonchev–Trinajstić information content (AvgIpc) is 2.76. The standard InChI is InChI=1S/C14H15NO3/c1-3-17-14-7-10(6-12(16)11(14)8-15)13-5-4-9(2)18-13/h4-5,10H,3,6-7H2,1-2H3/t10-/m0/s1. The van der Waals surface area contributed by atoms with Crippen LogP contribution in [0.1, 0.15) is 37.2 Å². The summed E-state index contributed by atoms with van der Waals surface area (Å²) in [6, 6.07) is 5.70. The Morgan fingerprint density at radius 2 is 2.28 bits per heavy atom. The minimum atomic E-state index is -0.161. The maximum Gasteiger partial charge on any atom is 0.177 e. The molecule has 1 aliphatic rings. The summed E-state index contributed by atoms with van der Waals surface area (Å²) in [5.41, 5.74) is 0.163. The van der Waals surface area contributed by atoms with Gasteiger partial charge in [0.15, 0.2) is 5.78 Å². The van der Waals surface area contributed by atoms with Crippen LogP contribution in [0.15, 0.2) is 27.9 Å². The molecule has 4 heteroatoms. The number of carbonyl (C=O) groups is 1. The number of rotatable bonds is 3. The van der Waals surface area contributed by atoms with E-state index in [0.29, 0.717) is 25.2 Å². The molecule has 18 heavy (non-hydrogen) atoms. The molecule has 0 radical (unpaired) electrons. The Bertz CT molecular complexity index is 533. The summed E-state index contributed by atoms with van der Waals surface area (Å²) in [6.45, 7) is 4.17. The van der Waals surface area contributed by atoms with E-state index in [1.165, 1.54) is 0 Å². The van der Waals surface area contributed by atoms with E-state index in [1.807, 2.05) is 32.0 Å². The molecule has 1 atom stereocenters. The Kier molecular flexibility index (Phi) is 3.52. The van der Waals surface area contributed by atoms with Crippen molar-refractivity contribution in [3.8, 4) is 6.07 Å². The van der Waals surface area contributed by atoms with Crippen molar-refractivity contribution >= 4 is 5.78 Å². The molecule has 0 unspecified atom stereocenters. The monoisotopic (exact) mass is 245 g/mol. The number of ketones is 1. The number of hydrogen-bond donors (Lipinski definition) is 0. The normalized spacial score (nSPS) is 19.8. The van der Waals surface area contributed by atoms with Gasteiger partial charge in [0, 0.05) is 18.8 Å². The maximum atomic E-state index is 11.9. The van der Waals surface area contributed by atoms with Crippen LogP contribution in [0.4, 0.5) is 0 Å². The summed E-state index contributed by atoms with van der Waals surface area (Å²) in [5.74, 6) is 1.92. The van der Waals surface area contributed by atoms with Gasteiger partial charge in [0.25, 0.3) is 0 Å². The lowest BCUT2D eigenvalue weighted by molar-refractivity contribution is -0.116. The molecule has 0 saturated carbocycles. The van der Waals surface area contributed by atoms with Crippen molar-refractivity contribution in [1.29, 1.82) is 5.26 Å². The summed E-state index contributed by atoms with van der Waals surface area (Å²) in [4.78, 5) is 11.9. The molecule has 1 aromatic heterocycles. The van der Waals surface area contributed by atoms with E-state index < -0.39 is 0 Å². The molecule has 94 valence electrons. The number of furan rings is 1. The molecule has 0 spiro atoms. The van der Waals surface area contributed by atoms with Crippen LogP contribution in [0, 0.1) is 18.3 Å². The van der Waals surface area contributed by atoms with Gasteiger partial charge < -0.3 is 9.15 Å². The Hall–Kier alpha value is -2.02. The fraction of sp³-hybridized carbons (Fsp3) is 0.429. The smallest absolute Gasteiger partial charge is 0.177 e. The van der Waals surface area contributed by atoms with Crippen LogP contribution in [0.25, 0.3) is 0 Å². The van der Waals surface area contributed by atoms with E-state index in [4.69, 9.17) is 14.4 Å². The zero-order valence-electron chi connectivity index (χ0n) is 10.5. The summed E-state index contributed by atoms with van der Waals surface area (Å²) < 4.78 is 11.0. The molecule has 0 bridgehead atoms. The second-order valence-electron chi connectivity index (χ2n) is 4.32. The van der Waals surface area contributed by atoms with Crippen molar-refractivity contribution in [3.05, 3.63) is 35.0 Å². The first kappa shape index (κ1) is 12.4. The van der Waals surface area contributed by atoms with Crippen LogP contribution >= 0.6 is 0 Å². The van der Waals surface area contributed by atoms with Crippen LogP contribution in [0.5, 0.6) is 0 Å². The van der Waals surface area contributed by atoms with Crippen LogP contribution in [-0.2, 0) is 9.53 Å². The van der Waals surface area contributed by atoms with Gasteiger partial charge in [0.2, 0.25) is 0 Å². The lowest BCUT2D eigenvalue weighted by Crippen LogP contribution is -2.18. The van der Waals surface area contributed by atoms with Gasteiger partial charge in [0.1, 0.15) is 28.9 Å². The number of allylic oxidation sites excluding steroid dienone is 2. The van der Waals surface area contributed by atoms with Crippen molar-refractivity contribution < 1.29 is 13.9 Å². The molecule has 4 nitrogen and oxygen atoms in total. The van der Waals surface area contributed by atoms with Crippen molar-refractivity contribution in [3.63, 3.8) is 0 Å². The van der Waals surface area contributed by atoms with Crippen molar-refractivity contribution in [2.45, 2.75) is 32.6 Å². The Balaban J connectivity index is 2.28. The first-order valence-corrected chi connectivity index (χ1v) is 6.01. The van der Waals surface area contributed by atoms with E-state index in [1.54, 1.807) is 0 Å². The van der Waals surface area contributed by atoms with Crippen LogP contribution in [-0.4, -0.2) is 12.4 Å². The third-order valence-electron chi connectivity index (χ3n) is 3.02. The molecular weight excluding hydrogens is 230 g/mol. The van der Waals surface area contributed by atoms with E-state index in [-0.39, 0.29) is 17.3 Å². The second kappa shape index (κ2) is 5.09. The molecule has 0 saturated heterocycles. The molecule has 1 aliphatic carbocycles. The number of hydrogen-bond acceptors (Lipinski definition) is 4. The number of ether oxygens (including phenoxy) is 1. The summed E-state index contributed by atoms with van der Waals surface area (Å²) in [5, 5.41) is 8.99. The third kappa shape index (κ3) is 2.30. The minimum Gasteiger partial charge on any atom is -0.497 e. The number of carbonyl (C=O) groups excluding carboxylic acids is 1. The lowest BCUT2D eigenvalue weighted by atomic mass is 9.86. The Labute approximate surface area is 106 Å². The van der Waals surface area contributed by atoms with Crippen LogP contribution in [0.2, 0.25) is 0 Å². The highest BCUT2D eigenvalue weighted by Gasteiger charge is 2.31. The molecule has 0 aliphatic heterocycles. The van der Waals surface area contributed by atoms with Crippen molar-refractivity contribution in [2.24, 2.45) is 0 Å². The molecule has 0 N–H and O–H groups in total. The summed E-state index contributed by atoms with van der Waals surface area (Å²) in [6.07, 6.45) is 0.863. The summed E-state index contributed by atoms with van der Waals surface area (Å²) >= 11 is 0. The van der Waals surface area contributed by atoms with Gasteiger partial charge in [0.05, 0.1) is 6.61 Å². The van der Waals surface area contributed by atoms with E-state index in [9.17, 15) is 4.79 Å². The van der Waals surface area contributed by atoms with Crippen molar-refractivity contribution in [2.75, 3.05) is 6.61 Å². The van der Waals surface area contributed by atoms with Gasteiger partial charge in [-0.3, -0.25) is 4.79 Å².